The molecule has 10 heteroatoms. The summed E-state index contributed by atoms with van der Waals surface area (Å²) in [6.45, 7) is 2.61. The molecule has 0 unspecified atom stereocenters. The lowest BCUT2D eigenvalue weighted by molar-refractivity contribution is 0.211. The van der Waals surface area contributed by atoms with E-state index in [0.29, 0.717) is 23.0 Å². The van der Waals surface area contributed by atoms with E-state index in [9.17, 15) is 9.59 Å². The fourth-order valence-electron chi connectivity index (χ4n) is 5.97. The number of piperidine rings is 1. The Hall–Kier alpha value is -5.35. The molecule has 0 spiro atoms. The molecule has 0 atom stereocenters. The van der Waals surface area contributed by atoms with E-state index in [1.54, 1.807) is 13.2 Å². The van der Waals surface area contributed by atoms with Gasteiger partial charge in [0.2, 0.25) is 0 Å². The quantitative estimate of drug-likeness (QED) is 0.222. The number of benzene rings is 2. The van der Waals surface area contributed by atoms with Crippen molar-refractivity contribution >= 4 is 28.4 Å². The van der Waals surface area contributed by atoms with E-state index >= 15 is 0 Å². The maximum Gasteiger partial charge on any atom is 0.253 e. The second-order valence-corrected chi connectivity index (χ2v) is 11.1. The summed E-state index contributed by atoms with van der Waals surface area (Å²) in [6, 6.07) is 26.5. The molecule has 6 aromatic rings. The first kappa shape index (κ1) is 27.5. The van der Waals surface area contributed by atoms with Crippen LogP contribution in [-0.4, -0.2) is 50.6 Å². The molecule has 0 bridgehead atoms. The summed E-state index contributed by atoms with van der Waals surface area (Å²) in [5.74, 6) is 1.10. The minimum atomic E-state index is -0.442. The number of pyridine rings is 2. The molecule has 0 aliphatic carbocycles. The fraction of sp³-hybridized carbons (Fsp3) is 0.206. The van der Waals surface area contributed by atoms with Gasteiger partial charge in [-0.2, -0.15) is 0 Å². The topological polar surface area (TPSA) is 131 Å². The first-order valence-electron chi connectivity index (χ1n) is 14.7. The predicted molar refractivity (Wildman–Crippen MR) is 175 cm³/mol. The molecule has 0 radical (unpaired) electrons. The third kappa shape index (κ3) is 4.99. The Bertz CT molecular complexity index is 2020. The molecule has 1 aliphatic rings. The van der Waals surface area contributed by atoms with Crippen LogP contribution < -0.4 is 27.2 Å². The molecule has 3 aromatic carbocycles. The summed E-state index contributed by atoms with van der Waals surface area (Å²) in [4.78, 5) is 40.4. The zero-order valence-corrected chi connectivity index (χ0v) is 24.3. The second kappa shape index (κ2) is 11.4. The van der Waals surface area contributed by atoms with Gasteiger partial charge >= 0.3 is 0 Å². The van der Waals surface area contributed by atoms with Crippen LogP contribution in [0.4, 0.5) is 17.2 Å². The van der Waals surface area contributed by atoms with Crippen LogP contribution in [0.3, 0.4) is 0 Å². The van der Waals surface area contributed by atoms with Gasteiger partial charge in [0.25, 0.3) is 10.9 Å². The van der Waals surface area contributed by atoms with Gasteiger partial charge in [-0.05, 0) is 54.8 Å². The predicted octanol–water partition coefficient (Wildman–Crippen LogP) is 4.45. The number of fused-ring (bicyclic) bond motifs is 1. The maximum atomic E-state index is 12.0. The van der Waals surface area contributed by atoms with Crippen molar-refractivity contribution in [2.75, 3.05) is 36.5 Å². The zero-order valence-electron chi connectivity index (χ0n) is 24.3. The van der Waals surface area contributed by atoms with Crippen LogP contribution in [0.15, 0.2) is 94.6 Å². The highest BCUT2D eigenvalue weighted by Gasteiger charge is 2.25. The normalized spacial score (nSPS) is 14.3. The number of aromatic nitrogens is 4. The molecule has 0 saturated carbocycles. The summed E-state index contributed by atoms with van der Waals surface area (Å²) < 4.78 is 2.05. The molecular formula is C34H32N8O2. The summed E-state index contributed by atoms with van der Waals surface area (Å²) >= 11 is 0. The minimum Gasteiger partial charge on any atom is -0.383 e. The Morgan fingerprint density at radius 2 is 1.61 bits per heavy atom. The third-order valence-corrected chi connectivity index (χ3v) is 8.35. The lowest BCUT2D eigenvalue weighted by Crippen LogP contribution is -2.43. The number of nitrogens with zero attached hydrogens (tertiary/aromatic N) is 5. The number of nitrogen functional groups attached to an aromatic ring is 1. The van der Waals surface area contributed by atoms with Gasteiger partial charge in [-0.15, -0.1) is 0 Å². The monoisotopic (exact) mass is 584 g/mol. The zero-order chi connectivity index (χ0) is 30.2. The summed E-state index contributed by atoms with van der Waals surface area (Å²) in [5, 5.41) is 6.12. The highest BCUT2D eigenvalue weighted by atomic mass is 16.2. The van der Waals surface area contributed by atoms with Gasteiger partial charge in [-0.3, -0.25) is 19.1 Å². The second-order valence-electron chi connectivity index (χ2n) is 11.1. The fourth-order valence-corrected chi connectivity index (χ4v) is 5.97. The Labute approximate surface area is 253 Å². The highest BCUT2D eigenvalue weighted by molar-refractivity contribution is 5.84. The van der Waals surface area contributed by atoms with Gasteiger partial charge in [0.1, 0.15) is 22.7 Å². The van der Waals surface area contributed by atoms with Crippen molar-refractivity contribution in [1.82, 2.24) is 24.4 Å². The Morgan fingerprint density at radius 3 is 2.34 bits per heavy atom. The molecule has 1 fully saturated rings. The first-order valence-corrected chi connectivity index (χ1v) is 14.7. The lowest BCUT2D eigenvalue weighted by Gasteiger charge is -2.33. The molecule has 7 rings (SSSR count). The highest BCUT2D eigenvalue weighted by Crippen LogP contribution is 2.32. The number of likely N-dealkylation sites (tertiary alicyclic amines) is 1. The van der Waals surface area contributed by atoms with Gasteiger partial charge < -0.3 is 16.4 Å². The SMILES string of the molecule is CNc1c(NC2CCN(Cc3ccc(-n4c(-c5cccnc5N)nc5ccc(-c6ccccc6)nc54)cc3)CC2)c(=O)c1=O. The van der Waals surface area contributed by atoms with Crippen LogP contribution in [0.5, 0.6) is 0 Å². The first-order chi connectivity index (χ1) is 21.5. The van der Waals surface area contributed by atoms with Crippen molar-refractivity contribution in [3.63, 3.8) is 0 Å². The number of hydrogen-bond donors (Lipinski definition) is 3. The van der Waals surface area contributed by atoms with E-state index in [2.05, 4.69) is 49.4 Å². The van der Waals surface area contributed by atoms with Crippen molar-refractivity contribution in [2.45, 2.75) is 25.4 Å². The van der Waals surface area contributed by atoms with E-state index in [-0.39, 0.29) is 6.04 Å². The van der Waals surface area contributed by atoms with Gasteiger partial charge in [-0.1, -0.05) is 42.5 Å². The molecule has 1 saturated heterocycles. The van der Waals surface area contributed by atoms with Gasteiger partial charge in [0.05, 0.1) is 11.3 Å². The number of rotatable bonds is 8. The van der Waals surface area contributed by atoms with Crippen LogP contribution in [0.2, 0.25) is 0 Å². The molecule has 3 aromatic heterocycles. The number of nitrogens with two attached hydrogens (primary N) is 1. The number of hydrogen-bond acceptors (Lipinski definition) is 9. The molecular weight excluding hydrogens is 552 g/mol. The van der Waals surface area contributed by atoms with Crippen LogP contribution >= 0.6 is 0 Å². The van der Waals surface area contributed by atoms with E-state index in [0.717, 1.165) is 66.1 Å². The summed E-state index contributed by atoms with van der Waals surface area (Å²) in [7, 11) is 1.66. The largest absolute Gasteiger partial charge is 0.383 e. The molecule has 44 heavy (non-hydrogen) atoms. The van der Waals surface area contributed by atoms with E-state index in [4.69, 9.17) is 15.7 Å². The minimum absolute atomic E-state index is 0.171. The molecule has 10 nitrogen and oxygen atoms in total. The smallest absolute Gasteiger partial charge is 0.253 e. The van der Waals surface area contributed by atoms with E-state index < -0.39 is 10.9 Å². The third-order valence-electron chi connectivity index (χ3n) is 8.35. The summed E-state index contributed by atoms with van der Waals surface area (Å²) in [6.07, 6.45) is 3.47. The maximum absolute atomic E-state index is 12.0. The molecule has 1 aliphatic heterocycles. The van der Waals surface area contributed by atoms with Crippen molar-refractivity contribution < 1.29 is 0 Å². The van der Waals surface area contributed by atoms with Gasteiger partial charge in [0.15, 0.2) is 11.5 Å². The van der Waals surface area contributed by atoms with E-state index in [1.165, 1.54) is 5.56 Å². The van der Waals surface area contributed by atoms with Crippen molar-refractivity contribution in [1.29, 1.82) is 0 Å². The van der Waals surface area contributed by atoms with Crippen molar-refractivity contribution in [3.05, 3.63) is 111 Å². The number of nitrogens with one attached hydrogen (secondary N) is 2. The number of anilines is 3. The lowest BCUT2D eigenvalue weighted by atomic mass is 10.0. The van der Waals surface area contributed by atoms with Crippen molar-refractivity contribution in [2.24, 2.45) is 0 Å². The van der Waals surface area contributed by atoms with Crippen molar-refractivity contribution in [3.8, 4) is 28.3 Å². The average Bonchev–Trinajstić information content (AvgIpc) is 3.44. The standard InChI is InChI=1S/C34H32N8O2/c1-36-28-29(31(44)30(28)43)38-23-15-18-41(19-16-23)20-21-9-11-24(12-10-21)42-33(25-8-5-17-37-32(25)35)40-27-14-13-26(39-34(27)42)22-6-3-2-4-7-22/h2-14,17,23,36,38H,15-16,18-20H2,1H3,(H2,35,37). The molecule has 4 N–H and O–H groups in total. The Balaban J connectivity index is 1.13. The Kier molecular flexibility index (Phi) is 7.11. The molecule has 220 valence electrons. The van der Waals surface area contributed by atoms with E-state index in [1.807, 2.05) is 54.6 Å². The number of imidazole rings is 1. The van der Waals surface area contributed by atoms with Gasteiger partial charge in [-0.25, -0.2) is 15.0 Å². The van der Waals surface area contributed by atoms with Crippen LogP contribution in [0.25, 0.3) is 39.5 Å². The molecule has 4 heterocycles. The molecule has 0 amide bonds. The van der Waals surface area contributed by atoms with Gasteiger partial charge in [0, 0.05) is 50.2 Å². The average molecular weight is 585 g/mol. The Morgan fingerprint density at radius 1 is 0.864 bits per heavy atom. The van der Waals surface area contributed by atoms with Crippen LogP contribution in [-0.2, 0) is 6.54 Å². The summed E-state index contributed by atoms with van der Waals surface area (Å²) in [5.41, 5.74) is 12.6. The van der Waals surface area contributed by atoms with Crippen LogP contribution in [0, 0.1) is 0 Å². The van der Waals surface area contributed by atoms with Crippen LogP contribution in [0.1, 0.15) is 18.4 Å².